The molecule has 0 spiro atoms. The third-order valence-corrected chi connectivity index (χ3v) is 2.10. The van der Waals surface area contributed by atoms with E-state index in [4.69, 9.17) is 39.5 Å². The van der Waals surface area contributed by atoms with Crippen molar-refractivity contribution in [2.24, 2.45) is 0 Å². The van der Waals surface area contributed by atoms with Gasteiger partial charge >= 0.3 is 0 Å². The van der Waals surface area contributed by atoms with Crippen LogP contribution in [0.15, 0.2) is 0 Å². The molecule has 0 atom stereocenters. The van der Waals surface area contributed by atoms with Crippen molar-refractivity contribution in [3.8, 4) is 0 Å². The number of unbranched alkanes of at least 4 members (excludes halogenated alkanes) is 1. The Morgan fingerprint density at radius 3 is 2.40 bits per heavy atom. The van der Waals surface area contributed by atoms with Crippen molar-refractivity contribution in [3.05, 3.63) is 0 Å². The summed E-state index contributed by atoms with van der Waals surface area (Å²) >= 11 is 16.5. The van der Waals surface area contributed by atoms with Gasteiger partial charge in [0.25, 0.3) is 0 Å². The number of ether oxygens (including phenoxy) is 1. The van der Waals surface area contributed by atoms with Gasteiger partial charge in [0.1, 0.15) is 0 Å². The molecule has 0 aliphatic carbocycles. The SMILES string of the molecule is CCCCOC(Cl)(Cl)CCl. The summed E-state index contributed by atoms with van der Waals surface area (Å²) in [6.07, 6.45) is 2.02. The van der Waals surface area contributed by atoms with Crippen LogP contribution >= 0.6 is 34.8 Å². The number of alkyl halides is 3. The van der Waals surface area contributed by atoms with Gasteiger partial charge < -0.3 is 4.74 Å². The molecule has 0 aromatic rings. The van der Waals surface area contributed by atoms with Crippen LogP contribution in [0.3, 0.4) is 0 Å². The Kier molecular flexibility index (Phi) is 5.93. The molecule has 62 valence electrons. The minimum atomic E-state index is -1.20. The van der Waals surface area contributed by atoms with Crippen LogP contribution in [0.25, 0.3) is 0 Å². The highest BCUT2D eigenvalue weighted by Gasteiger charge is 2.22. The molecule has 0 saturated heterocycles. The predicted molar refractivity (Wildman–Crippen MR) is 46.0 cm³/mol. The molecule has 0 aliphatic heterocycles. The zero-order chi connectivity index (χ0) is 8.04. The Bertz CT molecular complexity index is 85.1. The van der Waals surface area contributed by atoms with E-state index in [-0.39, 0.29) is 5.88 Å². The number of hydrogen-bond acceptors (Lipinski definition) is 1. The van der Waals surface area contributed by atoms with Crippen LogP contribution < -0.4 is 0 Å². The molecule has 4 heteroatoms. The lowest BCUT2D eigenvalue weighted by molar-refractivity contribution is 0.0904. The average Bonchev–Trinajstić information content (AvgIpc) is 1.89. The van der Waals surface area contributed by atoms with Crippen molar-refractivity contribution < 1.29 is 4.74 Å². The van der Waals surface area contributed by atoms with Gasteiger partial charge in [-0.2, -0.15) is 0 Å². The van der Waals surface area contributed by atoms with E-state index in [9.17, 15) is 0 Å². The maximum Gasteiger partial charge on any atom is 0.231 e. The van der Waals surface area contributed by atoms with E-state index in [1.54, 1.807) is 0 Å². The van der Waals surface area contributed by atoms with Gasteiger partial charge in [-0.25, -0.2) is 0 Å². The van der Waals surface area contributed by atoms with Gasteiger partial charge in [-0.1, -0.05) is 36.5 Å². The zero-order valence-corrected chi connectivity index (χ0v) is 8.14. The fraction of sp³-hybridized carbons (Fsp3) is 1.00. The molecule has 0 N–H and O–H groups in total. The zero-order valence-electron chi connectivity index (χ0n) is 5.87. The highest BCUT2D eigenvalue weighted by Crippen LogP contribution is 2.24. The minimum absolute atomic E-state index is 0.0970. The molecule has 0 fully saturated rings. The summed E-state index contributed by atoms with van der Waals surface area (Å²) in [4.78, 5) is 0. The molecule has 1 nitrogen and oxygen atoms in total. The van der Waals surface area contributed by atoms with Crippen LogP contribution in [-0.4, -0.2) is 17.0 Å². The largest absolute Gasteiger partial charge is 0.346 e. The Morgan fingerprint density at radius 1 is 1.40 bits per heavy atom. The fourth-order valence-electron chi connectivity index (χ4n) is 0.404. The van der Waals surface area contributed by atoms with Crippen molar-refractivity contribution in [2.45, 2.75) is 24.3 Å². The standard InChI is InChI=1S/C6H11Cl3O/c1-2-3-4-10-6(8,9)5-7/h2-5H2,1H3. The smallest absolute Gasteiger partial charge is 0.231 e. The highest BCUT2D eigenvalue weighted by molar-refractivity contribution is 6.50. The lowest BCUT2D eigenvalue weighted by Crippen LogP contribution is -2.20. The van der Waals surface area contributed by atoms with Gasteiger partial charge in [-0.05, 0) is 6.42 Å². The summed E-state index contributed by atoms with van der Waals surface area (Å²) in [6.45, 7) is 2.63. The van der Waals surface area contributed by atoms with E-state index in [0.717, 1.165) is 12.8 Å². The van der Waals surface area contributed by atoms with E-state index < -0.39 is 4.52 Å². The molecule has 0 unspecified atom stereocenters. The third kappa shape index (κ3) is 5.60. The van der Waals surface area contributed by atoms with Gasteiger partial charge in [-0.3, -0.25) is 0 Å². The molecule has 0 heterocycles. The molecular formula is C6H11Cl3O. The van der Waals surface area contributed by atoms with Crippen LogP contribution in [0.5, 0.6) is 0 Å². The first-order valence-electron chi connectivity index (χ1n) is 3.20. The minimum Gasteiger partial charge on any atom is -0.346 e. The second-order valence-corrected chi connectivity index (χ2v) is 3.65. The van der Waals surface area contributed by atoms with Crippen molar-refractivity contribution in [1.29, 1.82) is 0 Å². The summed E-state index contributed by atoms with van der Waals surface area (Å²) in [5.74, 6) is 0.0970. The van der Waals surface area contributed by atoms with Crippen molar-refractivity contribution in [1.82, 2.24) is 0 Å². The Hall–Kier alpha value is 0.830. The van der Waals surface area contributed by atoms with Crippen molar-refractivity contribution in [3.63, 3.8) is 0 Å². The van der Waals surface area contributed by atoms with Gasteiger partial charge in [0.2, 0.25) is 4.52 Å². The predicted octanol–water partition coefficient (Wildman–Crippen LogP) is 3.17. The van der Waals surface area contributed by atoms with E-state index in [0.29, 0.717) is 6.61 Å². The molecule has 0 rings (SSSR count). The van der Waals surface area contributed by atoms with Crippen LogP contribution in [0, 0.1) is 0 Å². The van der Waals surface area contributed by atoms with Crippen molar-refractivity contribution in [2.75, 3.05) is 12.5 Å². The molecular weight excluding hydrogens is 194 g/mol. The summed E-state index contributed by atoms with van der Waals surface area (Å²) in [6, 6.07) is 0. The third-order valence-electron chi connectivity index (χ3n) is 0.967. The van der Waals surface area contributed by atoms with Crippen LogP contribution in [-0.2, 0) is 4.74 Å². The van der Waals surface area contributed by atoms with Crippen molar-refractivity contribution >= 4 is 34.8 Å². The van der Waals surface area contributed by atoms with Gasteiger partial charge in [0.05, 0.1) is 12.5 Å². The fourth-order valence-corrected chi connectivity index (χ4v) is 0.636. The molecule has 0 radical (unpaired) electrons. The summed E-state index contributed by atoms with van der Waals surface area (Å²) in [5.41, 5.74) is 0. The van der Waals surface area contributed by atoms with Gasteiger partial charge in [-0.15, -0.1) is 11.6 Å². The monoisotopic (exact) mass is 204 g/mol. The van der Waals surface area contributed by atoms with Gasteiger partial charge in [0, 0.05) is 0 Å². The number of halogens is 3. The van der Waals surface area contributed by atoms with Crippen LogP contribution in [0.4, 0.5) is 0 Å². The Morgan fingerprint density at radius 2 is 2.00 bits per heavy atom. The van der Waals surface area contributed by atoms with Crippen LogP contribution in [0.2, 0.25) is 0 Å². The normalized spacial score (nSPS) is 12.0. The average molecular weight is 206 g/mol. The molecule has 0 aromatic carbocycles. The molecule has 0 aromatic heterocycles. The van der Waals surface area contributed by atoms with Crippen LogP contribution in [0.1, 0.15) is 19.8 Å². The first kappa shape index (κ1) is 10.8. The second-order valence-electron chi connectivity index (χ2n) is 1.97. The maximum atomic E-state index is 5.57. The first-order chi connectivity index (χ1) is 4.62. The molecule has 0 saturated carbocycles. The maximum absolute atomic E-state index is 5.57. The van der Waals surface area contributed by atoms with E-state index in [1.165, 1.54) is 0 Å². The summed E-state index contributed by atoms with van der Waals surface area (Å²) in [7, 11) is 0. The van der Waals surface area contributed by atoms with Gasteiger partial charge in [0.15, 0.2) is 0 Å². The molecule has 0 bridgehead atoms. The molecule has 10 heavy (non-hydrogen) atoms. The highest BCUT2D eigenvalue weighted by atomic mass is 35.5. The van der Waals surface area contributed by atoms with E-state index in [1.807, 2.05) is 0 Å². The topological polar surface area (TPSA) is 9.23 Å². The summed E-state index contributed by atoms with van der Waals surface area (Å²) in [5, 5.41) is 0. The lowest BCUT2D eigenvalue weighted by atomic mass is 10.4. The Balaban J connectivity index is 3.28. The lowest BCUT2D eigenvalue weighted by Gasteiger charge is -2.16. The van der Waals surface area contributed by atoms with E-state index >= 15 is 0 Å². The first-order valence-corrected chi connectivity index (χ1v) is 4.49. The van der Waals surface area contributed by atoms with E-state index in [2.05, 4.69) is 6.92 Å². The summed E-state index contributed by atoms with van der Waals surface area (Å²) < 4.78 is 3.82. The second kappa shape index (κ2) is 5.48. The molecule has 0 aliphatic rings. The number of rotatable bonds is 5. The Labute approximate surface area is 76.6 Å². The quantitative estimate of drug-likeness (QED) is 0.495. The molecule has 0 amide bonds. The number of hydrogen-bond donors (Lipinski definition) is 0.